The van der Waals surface area contributed by atoms with E-state index in [0.717, 1.165) is 6.07 Å². The van der Waals surface area contributed by atoms with Crippen molar-refractivity contribution in [2.75, 3.05) is 12.4 Å². The third-order valence-electron chi connectivity index (χ3n) is 2.15. The van der Waals surface area contributed by atoms with Crippen LogP contribution in [0.25, 0.3) is 0 Å². The molecule has 0 aromatic heterocycles. The van der Waals surface area contributed by atoms with Crippen LogP contribution in [-0.4, -0.2) is 27.1 Å². The SMILES string of the molecule is CC(COc1ccc(OC(F)(F)F)c(Br)c1)CS(=O)(=O)Cl. The highest BCUT2D eigenvalue weighted by Crippen LogP contribution is 2.33. The van der Waals surface area contributed by atoms with Crippen LogP contribution >= 0.6 is 26.6 Å². The highest BCUT2D eigenvalue weighted by atomic mass is 79.9. The second-order valence-corrected chi connectivity index (χ2v) is 7.94. The average Bonchev–Trinajstić information content (AvgIpc) is 2.26. The third kappa shape index (κ3) is 7.77. The van der Waals surface area contributed by atoms with Crippen molar-refractivity contribution >= 4 is 35.7 Å². The van der Waals surface area contributed by atoms with Crippen LogP contribution < -0.4 is 9.47 Å². The van der Waals surface area contributed by atoms with Crippen molar-refractivity contribution < 1.29 is 31.1 Å². The van der Waals surface area contributed by atoms with Gasteiger partial charge in [0.2, 0.25) is 9.05 Å². The van der Waals surface area contributed by atoms with Gasteiger partial charge < -0.3 is 9.47 Å². The Balaban J connectivity index is 2.64. The summed E-state index contributed by atoms with van der Waals surface area (Å²) in [6, 6.07) is 3.67. The van der Waals surface area contributed by atoms with E-state index in [1.165, 1.54) is 12.1 Å². The van der Waals surface area contributed by atoms with Crippen molar-refractivity contribution in [1.82, 2.24) is 0 Å². The van der Waals surface area contributed by atoms with Crippen LogP contribution in [0, 0.1) is 5.92 Å². The Hall–Kier alpha value is -0.670. The van der Waals surface area contributed by atoms with Gasteiger partial charge in [0.05, 0.1) is 16.8 Å². The summed E-state index contributed by atoms with van der Waals surface area (Å²) in [5.41, 5.74) is 0. The Morgan fingerprint density at radius 1 is 1.38 bits per heavy atom. The summed E-state index contributed by atoms with van der Waals surface area (Å²) < 4.78 is 67.1. The summed E-state index contributed by atoms with van der Waals surface area (Å²) in [4.78, 5) is 0. The first kappa shape index (κ1) is 18.4. The maximum absolute atomic E-state index is 12.1. The number of ether oxygens (including phenoxy) is 2. The molecule has 0 aliphatic carbocycles. The van der Waals surface area contributed by atoms with E-state index in [1.807, 2.05) is 0 Å². The fourth-order valence-corrected chi connectivity index (χ4v) is 3.27. The fraction of sp³-hybridized carbons (Fsp3) is 0.455. The van der Waals surface area contributed by atoms with Gasteiger partial charge in [-0.2, -0.15) is 0 Å². The number of benzene rings is 1. The van der Waals surface area contributed by atoms with Crippen LogP contribution in [0.4, 0.5) is 13.2 Å². The van der Waals surface area contributed by atoms with E-state index in [9.17, 15) is 21.6 Å². The molecular weight excluding hydrogens is 401 g/mol. The first-order valence-corrected chi connectivity index (χ1v) is 8.84. The molecule has 1 unspecified atom stereocenters. The topological polar surface area (TPSA) is 52.6 Å². The second-order valence-electron chi connectivity index (χ2n) is 4.26. The Morgan fingerprint density at radius 2 is 2.00 bits per heavy atom. The summed E-state index contributed by atoms with van der Waals surface area (Å²) in [5, 5.41) is 0. The van der Waals surface area contributed by atoms with Gasteiger partial charge in [-0.05, 0) is 34.1 Å². The lowest BCUT2D eigenvalue weighted by atomic mass is 10.2. The number of hydrogen-bond donors (Lipinski definition) is 0. The molecule has 0 saturated heterocycles. The maximum Gasteiger partial charge on any atom is 0.573 e. The molecule has 0 fully saturated rings. The molecule has 1 atom stereocenters. The summed E-state index contributed by atoms with van der Waals surface area (Å²) >= 11 is 2.93. The zero-order valence-electron chi connectivity index (χ0n) is 10.7. The first-order valence-electron chi connectivity index (χ1n) is 5.57. The molecule has 21 heavy (non-hydrogen) atoms. The van der Waals surface area contributed by atoms with E-state index in [2.05, 4.69) is 20.7 Å². The minimum Gasteiger partial charge on any atom is -0.493 e. The normalized spacial score (nSPS) is 13.8. The van der Waals surface area contributed by atoms with Crippen molar-refractivity contribution in [3.63, 3.8) is 0 Å². The van der Waals surface area contributed by atoms with Gasteiger partial charge in [-0.15, -0.1) is 13.2 Å². The van der Waals surface area contributed by atoms with Gasteiger partial charge in [-0.3, -0.25) is 0 Å². The van der Waals surface area contributed by atoms with Crippen LogP contribution in [0.15, 0.2) is 22.7 Å². The molecule has 4 nitrogen and oxygen atoms in total. The predicted octanol–water partition coefficient (Wildman–Crippen LogP) is 3.93. The minimum absolute atomic E-state index is 0.0534. The molecule has 0 saturated carbocycles. The van der Waals surface area contributed by atoms with E-state index in [1.54, 1.807) is 6.92 Å². The lowest BCUT2D eigenvalue weighted by molar-refractivity contribution is -0.274. The summed E-state index contributed by atoms with van der Waals surface area (Å²) in [7, 11) is 1.48. The second kappa shape index (κ2) is 7.06. The Morgan fingerprint density at radius 3 is 2.48 bits per heavy atom. The van der Waals surface area contributed by atoms with Crippen molar-refractivity contribution in [3.8, 4) is 11.5 Å². The van der Waals surface area contributed by atoms with Gasteiger partial charge in [0.15, 0.2) is 0 Å². The van der Waals surface area contributed by atoms with Crippen molar-refractivity contribution in [2.24, 2.45) is 5.92 Å². The molecule has 0 spiro atoms. The Kier molecular flexibility index (Phi) is 6.18. The zero-order chi connectivity index (χ0) is 16.3. The molecule has 0 N–H and O–H groups in total. The molecule has 10 heteroatoms. The van der Waals surface area contributed by atoms with Crippen LogP contribution in [0.2, 0.25) is 0 Å². The molecule has 0 heterocycles. The van der Waals surface area contributed by atoms with Gasteiger partial charge >= 0.3 is 6.36 Å². The van der Waals surface area contributed by atoms with Crippen LogP contribution in [0.5, 0.6) is 11.5 Å². The molecule has 0 aliphatic rings. The largest absolute Gasteiger partial charge is 0.573 e. The highest BCUT2D eigenvalue weighted by Gasteiger charge is 2.32. The smallest absolute Gasteiger partial charge is 0.493 e. The van der Waals surface area contributed by atoms with Gasteiger partial charge in [0, 0.05) is 16.6 Å². The predicted molar refractivity (Wildman–Crippen MR) is 75.1 cm³/mol. The van der Waals surface area contributed by atoms with Gasteiger partial charge in [0.25, 0.3) is 0 Å². The molecule has 1 aromatic rings. The third-order valence-corrected chi connectivity index (χ3v) is 4.11. The van der Waals surface area contributed by atoms with E-state index in [4.69, 9.17) is 15.4 Å². The molecule has 0 amide bonds. The standard InChI is InChI=1S/C11H11BrClF3O4S/c1-7(6-21(13,17)18)5-19-8-2-3-10(9(12)4-8)20-11(14,15)16/h2-4,7H,5-6H2,1H3. The Bertz CT molecular complexity index is 592. The van der Waals surface area contributed by atoms with Gasteiger partial charge in [-0.25, -0.2) is 8.42 Å². The molecule has 0 bridgehead atoms. The van der Waals surface area contributed by atoms with E-state index >= 15 is 0 Å². The fourth-order valence-electron chi connectivity index (χ4n) is 1.41. The monoisotopic (exact) mass is 410 g/mol. The lowest BCUT2D eigenvalue weighted by Gasteiger charge is -2.14. The zero-order valence-corrected chi connectivity index (χ0v) is 13.8. The quantitative estimate of drug-likeness (QED) is 0.666. The number of halogens is 5. The number of rotatable bonds is 6. The van der Waals surface area contributed by atoms with E-state index in [0.29, 0.717) is 0 Å². The first-order chi connectivity index (χ1) is 9.46. The number of hydrogen-bond acceptors (Lipinski definition) is 4. The van der Waals surface area contributed by atoms with Crippen LogP contribution in [-0.2, 0) is 9.05 Å². The van der Waals surface area contributed by atoms with Gasteiger partial charge in [-0.1, -0.05) is 6.92 Å². The van der Waals surface area contributed by atoms with Crippen molar-refractivity contribution in [3.05, 3.63) is 22.7 Å². The lowest BCUT2D eigenvalue weighted by Crippen LogP contribution is -2.18. The van der Waals surface area contributed by atoms with E-state index < -0.39 is 21.2 Å². The van der Waals surface area contributed by atoms with Crippen LogP contribution in [0.3, 0.4) is 0 Å². The number of alkyl halides is 3. The van der Waals surface area contributed by atoms with Crippen LogP contribution in [0.1, 0.15) is 6.92 Å². The van der Waals surface area contributed by atoms with Crippen molar-refractivity contribution in [2.45, 2.75) is 13.3 Å². The highest BCUT2D eigenvalue weighted by molar-refractivity contribution is 9.10. The molecule has 1 aromatic carbocycles. The van der Waals surface area contributed by atoms with Gasteiger partial charge in [0.1, 0.15) is 11.5 Å². The molecule has 0 aliphatic heterocycles. The maximum atomic E-state index is 12.1. The summed E-state index contributed by atoms with van der Waals surface area (Å²) in [6.07, 6.45) is -4.78. The molecule has 120 valence electrons. The Labute approximate surface area is 132 Å². The molecular formula is C11H11BrClF3O4S. The minimum atomic E-state index is -4.78. The van der Waals surface area contributed by atoms with Crippen molar-refractivity contribution in [1.29, 1.82) is 0 Å². The van der Waals surface area contributed by atoms with E-state index in [-0.39, 0.29) is 28.5 Å². The summed E-state index contributed by atoms with van der Waals surface area (Å²) in [6.45, 7) is 1.67. The summed E-state index contributed by atoms with van der Waals surface area (Å²) in [5.74, 6) is -0.746. The molecule has 1 rings (SSSR count). The molecule has 0 radical (unpaired) electrons. The average molecular weight is 412 g/mol.